The van der Waals surface area contributed by atoms with Gasteiger partial charge in [0.2, 0.25) is 10.0 Å². The van der Waals surface area contributed by atoms with E-state index in [0.717, 1.165) is 12.5 Å². The Hall–Kier alpha value is -2.74. The van der Waals surface area contributed by atoms with Crippen molar-refractivity contribution in [2.75, 3.05) is 18.5 Å². The number of ether oxygens (including phenoxy) is 1. The molecule has 0 aliphatic carbocycles. The standard InChI is InChI=1S/C20H21FN4O4S/c1-12-17(19(26)23-14-5-6-15(21)13(8-14)9-22)25-7-3-4-16(25)18(12)30(27,28)24-20(2)10-29-11-20/h5-6,8,24H,3-4,7,10-11H2,1-2H3,(H,23,26). The molecule has 158 valence electrons. The quantitative estimate of drug-likeness (QED) is 0.751. The second-order valence-electron chi connectivity index (χ2n) is 7.92. The number of fused-ring (bicyclic) bond motifs is 1. The average Bonchev–Trinajstić information content (AvgIpc) is 3.20. The Kier molecular flexibility index (Phi) is 4.92. The lowest BCUT2D eigenvalue weighted by molar-refractivity contribution is -0.0523. The first-order valence-electron chi connectivity index (χ1n) is 9.50. The van der Waals surface area contributed by atoms with Crippen molar-refractivity contribution in [3.8, 4) is 6.07 Å². The fourth-order valence-electron chi connectivity index (χ4n) is 4.05. The normalized spacial score (nSPS) is 17.1. The van der Waals surface area contributed by atoms with Gasteiger partial charge in [-0.1, -0.05) is 0 Å². The molecule has 1 fully saturated rings. The van der Waals surface area contributed by atoms with Gasteiger partial charge in [0.15, 0.2) is 0 Å². The molecule has 2 aliphatic rings. The number of rotatable bonds is 5. The molecule has 2 N–H and O–H groups in total. The van der Waals surface area contributed by atoms with Gasteiger partial charge >= 0.3 is 0 Å². The zero-order valence-corrected chi connectivity index (χ0v) is 17.4. The summed E-state index contributed by atoms with van der Waals surface area (Å²) in [5.41, 5.74) is 0.622. The van der Waals surface area contributed by atoms with Gasteiger partial charge in [-0.3, -0.25) is 4.79 Å². The van der Waals surface area contributed by atoms with Gasteiger partial charge in [0.1, 0.15) is 22.5 Å². The Morgan fingerprint density at radius 2 is 2.10 bits per heavy atom. The largest absolute Gasteiger partial charge is 0.377 e. The molecule has 0 bridgehead atoms. The lowest BCUT2D eigenvalue weighted by atomic mass is 10.0. The number of nitrogens with zero attached hydrogens (tertiary/aromatic N) is 2. The average molecular weight is 432 g/mol. The zero-order chi connectivity index (χ0) is 21.7. The van der Waals surface area contributed by atoms with Gasteiger partial charge in [0, 0.05) is 23.5 Å². The summed E-state index contributed by atoms with van der Waals surface area (Å²) in [6.45, 7) is 4.50. The molecule has 4 rings (SSSR count). The van der Waals surface area contributed by atoms with Crippen LogP contribution in [0.25, 0.3) is 0 Å². The number of carbonyl (C=O) groups is 1. The molecule has 0 spiro atoms. The summed E-state index contributed by atoms with van der Waals surface area (Å²) >= 11 is 0. The van der Waals surface area contributed by atoms with Crippen LogP contribution in [-0.2, 0) is 27.7 Å². The van der Waals surface area contributed by atoms with E-state index in [0.29, 0.717) is 37.4 Å². The van der Waals surface area contributed by atoms with Crippen LogP contribution in [0.3, 0.4) is 0 Å². The second kappa shape index (κ2) is 7.19. The van der Waals surface area contributed by atoms with Crippen LogP contribution in [0.4, 0.5) is 10.1 Å². The maximum absolute atomic E-state index is 13.6. The van der Waals surface area contributed by atoms with Crippen molar-refractivity contribution in [1.29, 1.82) is 5.26 Å². The first-order valence-corrected chi connectivity index (χ1v) is 11.0. The van der Waals surface area contributed by atoms with E-state index >= 15 is 0 Å². The third kappa shape index (κ3) is 3.39. The zero-order valence-electron chi connectivity index (χ0n) is 16.6. The Morgan fingerprint density at radius 1 is 1.37 bits per heavy atom. The summed E-state index contributed by atoms with van der Waals surface area (Å²) in [5, 5.41) is 11.6. The highest BCUT2D eigenvalue weighted by atomic mass is 32.2. The summed E-state index contributed by atoms with van der Waals surface area (Å²) < 4.78 is 49.4. The first-order chi connectivity index (χ1) is 14.1. The smallest absolute Gasteiger partial charge is 0.272 e. The van der Waals surface area contributed by atoms with Gasteiger partial charge in [-0.05, 0) is 44.9 Å². The molecule has 8 nitrogen and oxygen atoms in total. The van der Waals surface area contributed by atoms with Crippen LogP contribution in [0, 0.1) is 24.1 Å². The molecule has 0 radical (unpaired) electrons. The molecule has 1 aromatic heterocycles. The van der Waals surface area contributed by atoms with Crippen LogP contribution in [0.5, 0.6) is 0 Å². The minimum Gasteiger partial charge on any atom is -0.377 e. The number of carbonyl (C=O) groups excluding carboxylic acids is 1. The number of hydrogen-bond donors (Lipinski definition) is 2. The van der Waals surface area contributed by atoms with E-state index in [-0.39, 0.29) is 21.8 Å². The predicted octanol–water partition coefficient (Wildman–Crippen LogP) is 2.07. The lowest BCUT2D eigenvalue weighted by Gasteiger charge is -2.38. The number of anilines is 1. The van der Waals surface area contributed by atoms with Gasteiger partial charge in [-0.25, -0.2) is 17.5 Å². The van der Waals surface area contributed by atoms with Crippen LogP contribution in [0.2, 0.25) is 0 Å². The monoisotopic (exact) mass is 432 g/mol. The van der Waals surface area contributed by atoms with Crippen molar-refractivity contribution >= 4 is 21.6 Å². The summed E-state index contributed by atoms with van der Waals surface area (Å²) in [7, 11) is -3.86. The minimum absolute atomic E-state index is 0.134. The molecule has 0 atom stereocenters. The minimum atomic E-state index is -3.86. The summed E-state index contributed by atoms with van der Waals surface area (Å²) in [4.78, 5) is 13.2. The SMILES string of the molecule is Cc1c(S(=O)(=O)NC2(C)COC2)c2n(c1C(=O)Nc1ccc(F)c(C#N)c1)CCC2. The topological polar surface area (TPSA) is 113 Å². The molecule has 2 aliphatic heterocycles. The van der Waals surface area contributed by atoms with Crippen molar-refractivity contribution in [1.82, 2.24) is 9.29 Å². The maximum Gasteiger partial charge on any atom is 0.272 e. The van der Waals surface area contributed by atoms with Gasteiger partial charge in [-0.2, -0.15) is 5.26 Å². The molecule has 10 heteroatoms. The van der Waals surface area contributed by atoms with E-state index in [1.807, 2.05) is 0 Å². The molecule has 0 saturated carbocycles. The highest BCUT2D eigenvalue weighted by molar-refractivity contribution is 7.89. The van der Waals surface area contributed by atoms with Gasteiger partial charge in [-0.15, -0.1) is 0 Å². The molecule has 1 aromatic carbocycles. The maximum atomic E-state index is 13.6. The Morgan fingerprint density at radius 3 is 2.73 bits per heavy atom. The van der Waals surface area contributed by atoms with Gasteiger partial charge < -0.3 is 14.6 Å². The number of amides is 1. The lowest BCUT2D eigenvalue weighted by Crippen LogP contribution is -2.59. The van der Waals surface area contributed by atoms with Crippen LogP contribution >= 0.6 is 0 Å². The van der Waals surface area contributed by atoms with Crippen LogP contribution < -0.4 is 10.0 Å². The van der Waals surface area contributed by atoms with Crippen molar-refractivity contribution in [3.05, 3.63) is 46.5 Å². The van der Waals surface area contributed by atoms with Crippen molar-refractivity contribution in [2.45, 2.75) is 43.7 Å². The summed E-state index contributed by atoms with van der Waals surface area (Å²) in [6.07, 6.45) is 1.28. The predicted molar refractivity (Wildman–Crippen MR) is 106 cm³/mol. The number of nitriles is 1. The Bertz CT molecular complexity index is 1190. The van der Waals surface area contributed by atoms with Crippen LogP contribution in [0.1, 0.15) is 40.7 Å². The van der Waals surface area contributed by atoms with E-state index in [2.05, 4.69) is 10.0 Å². The molecular formula is C20H21FN4O4S. The Balaban J connectivity index is 1.71. The third-order valence-electron chi connectivity index (χ3n) is 5.40. The number of sulfonamides is 1. The highest BCUT2D eigenvalue weighted by Crippen LogP contribution is 2.34. The number of aromatic nitrogens is 1. The summed E-state index contributed by atoms with van der Waals surface area (Å²) in [5.74, 6) is -1.19. The van der Waals surface area contributed by atoms with Gasteiger partial charge in [0.05, 0.1) is 24.3 Å². The highest BCUT2D eigenvalue weighted by Gasteiger charge is 2.41. The van der Waals surface area contributed by atoms with Crippen LogP contribution in [-0.4, -0.2) is 37.6 Å². The van der Waals surface area contributed by atoms with E-state index in [1.165, 1.54) is 12.1 Å². The number of benzene rings is 1. The fraction of sp³-hybridized carbons (Fsp3) is 0.400. The van der Waals surface area contributed by atoms with Crippen LogP contribution in [0.15, 0.2) is 23.1 Å². The van der Waals surface area contributed by atoms with E-state index < -0.39 is 27.3 Å². The Labute approximate surface area is 173 Å². The first kappa shape index (κ1) is 20.5. The van der Waals surface area contributed by atoms with E-state index in [9.17, 15) is 17.6 Å². The van der Waals surface area contributed by atoms with E-state index in [1.54, 1.807) is 24.5 Å². The molecule has 3 heterocycles. The molecule has 0 unspecified atom stereocenters. The third-order valence-corrected chi connectivity index (χ3v) is 7.24. The van der Waals surface area contributed by atoms with Crippen molar-refractivity contribution in [3.63, 3.8) is 0 Å². The van der Waals surface area contributed by atoms with Crippen molar-refractivity contribution in [2.24, 2.45) is 0 Å². The van der Waals surface area contributed by atoms with Gasteiger partial charge in [0.25, 0.3) is 5.91 Å². The molecule has 30 heavy (non-hydrogen) atoms. The number of halogens is 1. The fourth-order valence-corrected chi connectivity index (χ4v) is 5.95. The molecule has 1 amide bonds. The van der Waals surface area contributed by atoms with E-state index in [4.69, 9.17) is 10.00 Å². The molecule has 2 aromatic rings. The van der Waals surface area contributed by atoms with Crippen molar-refractivity contribution < 1.29 is 22.3 Å². The summed E-state index contributed by atoms with van der Waals surface area (Å²) in [6, 6.07) is 5.43. The molecule has 1 saturated heterocycles. The molecular weight excluding hydrogens is 411 g/mol. The number of hydrogen-bond acceptors (Lipinski definition) is 5. The number of nitrogens with one attached hydrogen (secondary N) is 2. The second-order valence-corrected chi connectivity index (χ2v) is 9.54.